The minimum atomic E-state index is -0.348. The fraction of sp³-hybridized carbons (Fsp3) is 0.167. The molecule has 0 heterocycles. The van der Waals surface area contributed by atoms with E-state index in [1.165, 1.54) is 44.3 Å². The zero-order valence-electron chi connectivity index (χ0n) is 9.07. The molecule has 0 aliphatic carbocycles. The third-order valence-electron chi connectivity index (χ3n) is 1.94. The van der Waals surface area contributed by atoms with Crippen molar-refractivity contribution in [3.05, 3.63) is 41.4 Å². The normalized spacial score (nSPS) is 12.7. The molecule has 0 saturated carbocycles. The van der Waals surface area contributed by atoms with Gasteiger partial charge in [0, 0.05) is 6.21 Å². The number of ketones is 1. The molecule has 1 aromatic rings. The van der Waals surface area contributed by atoms with Crippen LogP contribution in [-0.4, -0.2) is 17.1 Å². The quantitative estimate of drug-likeness (QED) is 0.484. The number of benzene rings is 1. The van der Waals surface area contributed by atoms with Gasteiger partial charge < -0.3 is 5.11 Å². The van der Waals surface area contributed by atoms with E-state index in [9.17, 15) is 14.3 Å². The summed E-state index contributed by atoms with van der Waals surface area (Å²) in [5.74, 6) is -0.705. The van der Waals surface area contributed by atoms with E-state index in [4.69, 9.17) is 0 Å². The molecule has 0 bridgehead atoms. The van der Waals surface area contributed by atoms with Crippen molar-refractivity contribution in [1.82, 2.24) is 0 Å². The Balaban J connectivity index is 2.92. The van der Waals surface area contributed by atoms with Crippen LogP contribution in [0.2, 0.25) is 0 Å². The van der Waals surface area contributed by atoms with Crippen molar-refractivity contribution in [2.24, 2.45) is 4.99 Å². The van der Waals surface area contributed by atoms with E-state index in [1.54, 1.807) is 0 Å². The number of halogens is 1. The van der Waals surface area contributed by atoms with Crippen LogP contribution in [0.15, 0.2) is 40.6 Å². The minimum Gasteiger partial charge on any atom is -0.512 e. The van der Waals surface area contributed by atoms with E-state index in [-0.39, 0.29) is 22.9 Å². The van der Waals surface area contributed by atoms with Crippen molar-refractivity contribution < 1.29 is 14.3 Å². The summed E-state index contributed by atoms with van der Waals surface area (Å²) in [5.41, 5.74) is 0.658. The molecule has 1 rings (SSSR count). The molecule has 0 atom stereocenters. The summed E-state index contributed by atoms with van der Waals surface area (Å²) in [6, 6.07) is 5.51. The van der Waals surface area contributed by atoms with Crippen LogP contribution in [0, 0.1) is 5.82 Å². The molecule has 1 aromatic carbocycles. The van der Waals surface area contributed by atoms with Crippen molar-refractivity contribution in [3.8, 4) is 0 Å². The molecule has 84 valence electrons. The van der Waals surface area contributed by atoms with Crippen LogP contribution < -0.4 is 0 Å². The molecule has 0 aromatic heterocycles. The molecule has 0 aliphatic rings. The van der Waals surface area contributed by atoms with Gasteiger partial charge >= 0.3 is 0 Å². The van der Waals surface area contributed by atoms with Gasteiger partial charge in [0.1, 0.15) is 11.6 Å². The first-order valence-electron chi connectivity index (χ1n) is 4.71. The van der Waals surface area contributed by atoms with Crippen molar-refractivity contribution in [2.75, 3.05) is 0 Å². The predicted molar refractivity (Wildman–Crippen MR) is 60.6 cm³/mol. The molecule has 3 nitrogen and oxygen atoms in total. The summed E-state index contributed by atoms with van der Waals surface area (Å²) >= 11 is 0. The average Bonchev–Trinajstić information content (AvgIpc) is 2.20. The summed E-state index contributed by atoms with van der Waals surface area (Å²) in [4.78, 5) is 15.1. The second-order valence-electron chi connectivity index (χ2n) is 3.29. The molecule has 0 saturated heterocycles. The Morgan fingerprint density at radius 1 is 1.31 bits per heavy atom. The standard InChI is InChI=1S/C12H12FNO2/c1-8(15)12(9(2)16)7-14-11-5-3-10(13)4-6-11/h3-7,15H,1-2H3/b12-8-,14-7?. The summed E-state index contributed by atoms with van der Waals surface area (Å²) in [6.07, 6.45) is 1.27. The smallest absolute Gasteiger partial charge is 0.164 e. The number of rotatable bonds is 3. The van der Waals surface area contributed by atoms with E-state index < -0.39 is 0 Å². The maximum absolute atomic E-state index is 12.6. The van der Waals surface area contributed by atoms with Gasteiger partial charge in [0.2, 0.25) is 0 Å². The van der Waals surface area contributed by atoms with E-state index in [0.717, 1.165) is 0 Å². The summed E-state index contributed by atoms with van der Waals surface area (Å²) in [7, 11) is 0. The van der Waals surface area contributed by atoms with E-state index in [0.29, 0.717) is 5.69 Å². The zero-order chi connectivity index (χ0) is 12.1. The Morgan fingerprint density at radius 2 is 1.88 bits per heavy atom. The number of Topliss-reactive ketones (excluding diaryl/α,β-unsaturated/α-hetero) is 1. The topological polar surface area (TPSA) is 49.7 Å². The van der Waals surface area contributed by atoms with Crippen LogP contribution in [0.1, 0.15) is 13.8 Å². The van der Waals surface area contributed by atoms with Gasteiger partial charge in [-0.1, -0.05) is 0 Å². The van der Waals surface area contributed by atoms with E-state index >= 15 is 0 Å². The number of carbonyl (C=O) groups is 1. The maximum Gasteiger partial charge on any atom is 0.164 e. The van der Waals surface area contributed by atoms with Gasteiger partial charge in [-0.05, 0) is 38.1 Å². The van der Waals surface area contributed by atoms with Crippen LogP contribution in [-0.2, 0) is 4.79 Å². The third kappa shape index (κ3) is 3.31. The van der Waals surface area contributed by atoms with E-state index in [2.05, 4.69) is 4.99 Å². The first-order valence-corrected chi connectivity index (χ1v) is 4.71. The second kappa shape index (κ2) is 5.21. The summed E-state index contributed by atoms with van der Waals surface area (Å²) in [6.45, 7) is 2.75. The lowest BCUT2D eigenvalue weighted by molar-refractivity contribution is -0.113. The van der Waals surface area contributed by atoms with Gasteiger partial charge in [0.15, 0.2) is 5.78 Å². The monoisotopic (exact) mass is 221 g/mol. The Labute approximate surface area is 92.9 Å². The zero-order valence-corrected chi connectivity index (χ0v) is 9.07. The molecular formula is C12H12FNO2. The predicted octanol–water partition coefficient (Wildman–Crippen LogP) is 2.95. The fourth-order valence-electron chi connectivity index (χ4n) is 1.11. The van der Waals surface area contributed by atoms with Crippen molar-refractivity contribution >= 4 is 17.7 Å². The van der Waals surface area contributed by atoms with Crippen molar-refractivity contribution in [1.29, 1.82) is 0 Å². The van der Waals surface area contributed by atoms with E-state index in [1.807, 2.05) is 0 Å². The number of carbonyl (C=O) groups excluding carboxylic acids is 1. The minimum absolute atomic E-state index is 0.0849. The van der Waals surface area contributed by atoms with Crippen molar-refractivity contribution in [2.45, 2.75) is 13.8 Å². The number of hydrogen-bond acceptors (Lipinski definition) is 3. The van der Waals surface area contributed by atoms with Crippen LogP contribution in [0.5, 0.6) is 0 Å². The summed E-state index contributed by atoms with van der Waals surface area (Å²) in [5, 5.41) is 9.21. The molecule has 0 amide bonds. The lowest BCUT2D eigenvalue weighted by Gasteiger charge is -1.98. The lowest BCUT2D eigenvalue weighted by Crippen LogP contribution is -2.01. The van der Waals surface area contributed by atoms with Gasteiger partial charge in [-0.15, -0.1) is 0 Å². The molecule has 4 heteroatoms. The SMILES string of the molecule is CC(=O)/C(C=Nc1ccc(F)cc1)=C(/C)O. The molecule has 16 heavy (non-hydrogen) atoms. The molecule has 0 spiro atoms. The van der Waals surface area contributed by atoms with Gasteiger partial charge in [0.25, 0.3) is 0 Å². The fourth-order valence-corrected chi connectivity index (χ4v) is 1.11. The van der Waals surface area contributed by atoms with Gasteiger partial charge in [-0.3, -0.25) is 9.79 Å². The van der Waals surface area contributed by atoms with Crippen LogP contribution in [0.4, 0.5) is 10.1 Å². The molecule has 0 fully saturated rings. The number of aliphatic hydroxyl groups excluding tert-OH is 1. The highest BCUT2D eigenvalue weighted by Gasteiger charge is 2.04. The lowest BCUT2D eigenvalue weighted by atomic mass is 10.2. The highest BCUT2D eigenvalue weighted by Crippen LogP contribution is 2.12. The van der Waals surface area contributed by atoms with Crippen LogP contribution in [0.3, 0.4) is 0 Å². The number of allylic oxidation sites excluding steroid dienone is 2. The second-order valence-corrected chi connectivity index (χ2v) is 3.29. The van der Waals surface area contributed by atoms with Gasteiger partial charge in [-0.25, -0.2) is 4.39 Å². The Bertz CT molecular complexity index is 443. The Morgan fingerprint density at radius 3 is 2.31 bits per heavy atom. The Hall–Kier alpha value is -1.97. The molecule has 0 unspecified atom stereocenters. The summed E-state index contributed by atoms with van der Waals surface area (Å²) < 4.78 is 12.6. The van der Waals surface area contributed by atoms with Crippen LogP contribution in [0.25, 0.3) is 0 Å². The molecular weight excluding hydrogens is 209 g/mol. The highest BCUT2D eigenvalue weighted by molar-refractivity contribution is 6.12. The van der Waals surface area contributed by atoms with Crippen LogP contribution >= 0.6 is 0 Å². The first-order chi connectivity index (χ1) is 7.50. The average molecular weight is 221 g/mol. The van der Waals surface area contributed by atoms with Gasteiger partial charge in [0.05, 0.1) is 11.3 Å². The number of aliphatic imine (C=N–C) groups is 1. The largest absolute Gasteiger partial charge is 0.512 e. The number of aliphatic hydroxyl groups is 1. The molecule has 0 aliphatic heterocycles. The molecule has 1 N–H and O–H groups in total. The first kappa shape index (κ1) is 12.1. The Kier molecular flexibility index (Phi) is 3.94. The third-order valence-corrected chi connectivity index (χ3v) is 1.94. The molecule has 0 radical (unpaired) electrons. The number of hydrogen-bond donors (Lipinski definition) is 1. The van der Waals surface area contributed by atoms with Gasteiger partial charge in [-0.2, -0.15) is 0 Å². The van der Waals surface area contributed by atoms with Crippen molar-refractivity contribution in [3.63, 3.8) is 0 Å². The highest BCUT2D eigenvalue weighted by atomic mass is 19.1. The number of nitrogens with zero attached hydrogens (tertiary/aromatic N) is 1. The maximum atomic E-state index is 12.6.